The van der Waals surface area contributed by atoms with Crippen molar-refractivity contribution < 1.29 is 9.84 Å². The molecular weight excluding hydrogens is 346 g/mol. The summed E-state index contributed by atoms with van der Waals surface area (Å²) in [7, 11) is 1.70. The van der Waals surface area contributed by atoms with Crippen LogP contribution in [0, 0.1) is 5.41 Å². The van der Waals surface area contributed by atoms with Gasteiger partial charge in [-0.1, -0.05) is 68.0 Å². The fourth-order valence-electron chi connectivity index (χ4n) is 5.22. The summed E-state index contributed by atoms with van der Waals surface area (Å²) in [6.45, 7) is 7.25. The highest BCUT2D eigenvalue weighted by Gasteiger charge is 2.51. The maximum absolute atomic E-state index is 10.7. The van der Waals surface area contributed by atoms with Gasteiger partial charge in [0.1, 0.15) is 5.75 Å². The Kier molecular flexibility index (Phi) is 5.07. The third kappa shape index (κ3) is 3.27. The summed E-state index contributed by atoms with van der Waals surface area (Å²) in [4.78, 5) is 2.53. The molecule has 2 aliphatic rings. The monoisotopic (exact) mass is 377 g/mol. The molecule has 4 rings (SSSR count). The van der Waals surface area contributed by atoms with Gasteiger partial charge in [-0.2, -0.15) is 0 Å². The lowest BCUT2D eigenvalue weighted by Gasteiger charge is -2.54. The molecule has 0 saturated heterocycles. The van der Waals surface area contributed by atoms with Gasteiger partial charge in [0.05, 0.1) is 13.2 Å². The second-order valence-corrected chi connectivity index (χ2v) is 8.86. The molecule has 1 fully saturated rings. The molecular formula is C25H31NO2. The molecule has 0 amide bonds. The van der Waals surface area contributed by atoms with Crippen molar-refractivity contribution in [1.82, 2.24) is 4.90 Å². The van der Waals surface area contributed by atoms with Crippen molar-refractivity contribution in [3.63, 3.8) is 0 Å². The number of aliphatic hydroxyl groups is 1. The molecule has 0 radical (unpaired) electrons. The second-order valence-electron chi connectivity index (χ2n) is 8.86. The van der Waals surface area contributed by atoms with Gasteiger partial charge >= 0.3 is 0 Å². The van der Waals surface area contributed by atoms with Crippen molar-refractivity contribution in [2.75, 3.05) is 20.2 Å². The zero-order chi connectivity index (χ0) is 19.8. The largest absolute Gasteiger partial charge is 0.497 e. The van der Waals surface area contributed by atoms with Crippen LogP contribution < -0.4 is 4.74 Å². The molecule has 2 aromatic carbocycles. The highest BCUT2D eigenvalue weighted by Crippen LogP contribution is 2.53. The Hall–Kier alpha value is -2.10. The highest BCUT2D eigenvalue weighted by atomic mass is 16.5. The molecule has 1 aliphatic carbocycles. The minimum atomic E-state index is -0.274. The molecule has 148 valence electrons. The minimum Gasteiger partial charge on any atom is -0.497 e. The SMILES string of the molecule is COc1ccc(CN2CC=C3C(c4ccccc4)(CCC(O)C3(C)C)C2)cc1. The molecule has 1 aliphatic heterocycles. The predicted octanol–water partition coefficient (Wildman–Crippen LogP) is 4.56. The molecule has 3 nitrogen and oxygen atoms in total. The number of aliphatic hydroxyl groups excluding tert-OH is 1. The topological polar surface area (TPSA) is 32.7 Å². The van der Waals surface area contributed by atoms with Gasteiger partial charge in [-0.3, -0.25) is 4.90 Å². The van der Waals surface area contributed by atoms with Gasteiger partial charge in [-0.25, -0.2) is 0 Å². The van der Waals surface area contributed by atoms with Crippen LogP contribution in [0.2, 0.25) is 0 Å². The van der Waals surface area contributed by atoms with Crippen LogP contribution in [0.1, 0.15) is 37.8 Å². The Morgan fingerprint density at radius 3 is 2.46 bits per heavy atom. The van der Waals surface area contributed by atoms with Crippen LogP contribution in [0.4, 0.5) is 0 Å². The fraction of sp³-hybridized carbons (Fsp3) is 0.440. The summed E-state index contributed by atoms with van der Waals surface area (Å²) in [5.74, 6) is 0.897. The standard InChI is InChI=1S/C25H31NO2/c1-24(2)22-14-16-26(17-19-9-11-21(28-3)12-10-19)18-25(22,15-13-23(24)27)20-7-5-4-6-8-20/h4-12,14,23,27H,13,15-18H2,1-3H3. The number of hydrogen-bond donors (Lipinski definition) is 1. The smallest absolute Gasteiger partial charge is 0.118 e. The van der Waals surface area contributed by atoms with E-state index in [2.05, 4.69) is 67.3 Å². The van der Waals surface area contributed by atoms with Crippen molar-refractivity contribution in [2.45, 2.75) is 44.8 Å². The Bertz CT molecular complexity index is 841. The van der Waals surface area contributed by atoms with Gasteiger partial charge in [-0.05, 0) is 36.1 Å². The van der Waals surface area contributed by atoms with Crippen molar-refractivity contribution >= 4 is 0 Å². The zero-order valence-electron chi connectivity index (χ0n) is 17.2. The van der Waals surface area contributed by atoms with E-state index in [1.165, 1.54) is 16.7 Å². The summed E-state index contributed by atoms with van der Waals surface area (Å²) in [6, 6.07) is 19.3. The van der Waals surface area contributed by atoms with E-state index in [0.29, 0.717) is 0 Å². The number of methoxy groups -OCH3 is 1. The van der Waals surface area contributed by atoms with Gasteiger partial charge in [0.15, 0.2) is 0 Å². The number of nitrogens with zero attached hydrogens (tertiary/aromatic N) is 1. The third-order valence-corrected chi connectivity index (χ3v) is 6.83. The molecule has 2 aromatic rings. The maximum atomic E-state index is 10.7. The summed E-state index contributed by atoms with van der Waals surface area (Å²) < 4.78 is 5.29. The van der Waals surface area contributed by atoms with Crippen LogP contribution in [-0.2, 0) is 12.0 Å². The van der Waals surface area contributed by atoms with Crippen LogP contribution in [0.3, 0.4) is 0 Å². The quantitative estimate of drug-likeness (QED) is 0.793. The minimum absolute atomic E-state index is 0.0191. The highest BCUT2D eigenvalue weighted by molar-refractivity contribution is 5.44. The number of hydrogen-bond acceptors (Lipinski definition) is 3. The van der Waals surface area contributed by atoms with Crippen molar-refractivity contribution in [3.8, 4) is 5.75 Å². The van der Waals surface area contributed by atoms with Crippen LogP contribution in [0.5, 0.6) is 5.75 Å². The summed E-state index contributed by atoms with van der Waals surface area (Å²) in [5, 5.41) is 10.7. The first-order valence-corrected chi connectivity index (χ1v) is 10.3. The molecule has 0 bridgehead atoms. The van der Waals surface area contributed by atoms with E-state index < -0.39 is 0 Å². The lowest BCUT2D eigenvalue weighted by molar-refractivity contribution is 0.0141. The van der Waals surface area contributed by atoms with Crippen LogP contribution in [0.15, 0.2) is 66.2 Å². The first kappa shape index (κ1) is 19.2. The maximum Gasteiger partial charge on any atom is 0.118 e. The predicted molar refractivity (Wildman–Crippen MR) is 113 cm³/mol. The van der Waals surface area contributed by atoms with Crippen molar-refractivity contribution in [2.24, 2.45) is 5.41 Å². The number of benzene rings is 2. The molecule has 2 unspecified atom stereocenters. The molecule has 0 aromatic heterocycles. The Morgan fingerprint density at radius 1 is 1.07 bits per heavy atom. The van der Waals surface area contributed by atoms with Crippen LogP contribution in [-0.4, -0.2) is 36.3 Å². The Morgan fingerprint density at radius 2 is 1.79 bits per heavy atom. The van der Waals surface area contributed by atoms with Crippen molar-refractivity contribution in [3.05, 3.63) is 77.4 Å². The number of rotatable bonds is 4. The molecule has 1 heterocycles. The molecule has 1 saturated carbocycles. The lowest BCUT2D eigenvalue weighted by atomic mass is 9.55. The first-order valence-electron chi connectivity index (χ1n) is 10.3. The third-order valence-electron chi connectivity index (χ3n) is 6.83. The summed E-state index contributed by atoms with van der Waals surface area (Å²) in [5.41, 5.74) is 3.88. The van der Waals surface area contributed by atoms with Gasteiger partial charge < -0.3 is 9.84 Å². The normalized spacial score (nSPS) is 27.0. The molecule has 0 spiro atoms. The van der Waals surface area contributed by atoms with Crippen molar-refractivity contribution in [1.29, 1.82) is 0 Å². The summed E-state index contributed by atoms with van der Waals surface area (Å²) >= 11 is 0. The zero-order valence-corrected chi connectivity index (χ0v) is 17.2. The van der Waals surface area contributed by atoms with Crippen LogP contribution >= 0.6 is 0 Å². The van der Waals surface area contributed by atoms with Crippen LogP contribution in [0.25, 0.3) is 0 Å². The van der Waals surface area contributed by atoms with E-state index in [0.717, 1.165) is 38.2 Å². The van der Waals surface area contributed by atoms with E-state index in [1.807, 2.05) is 12.1 Å². The number of fused-ring (bicyclic) bond motifs is 1. The summed E-state index contributed by atoms with van der Waals surface area (Å²) in [6.07, 6.45) is 3.95. The Labute approximate surface area is 168 Å². The molecule has 2 atom stereocenters. The molecule has 3 heteroatoms. The molecule has 1 N–H and O–H groups in total. The van der Waals surface area contributed by atoms with E-state index >= 15 is 0 Å². The fourth-order valence-corrected chi connectivity index (χ4v) is 5.22. The second kappa shape index (κ2) is 7.38. The average Bonchev–Trinajstić information content (AvgIpc) is 2.72. The van der Waals surface area contributed by atoms with E-state index in [4.69, 9.17) is 4.74 Å². The van der Waals surface area contributed by atoms with Gasteiger partial charge in [0.25, 0.3) is 0 Å². The van der Waals surface area contributed by atoms with Gasteiger partial charge in [0, 0.05) is 30.5 Å². The van der Waals surface area contributed by atoms with E-state index in [1.54, 1.807) is 7.11 Å². The Balaban J connectivity index is 1.68. The lowest BCUT2D eigenvalue weighted by Crippen LogP contribution is -2.55. The van der Waals surface area contributed by atoms with E-state index in [-0.39, 0.29) is 16.9 Å². The van der Waals surface area contributed by atoms with E-state index in [9.17, 15) is 5.11 Å². The first-order chi connectivity index (χ1) is 13.5. The molecule has 28 heavy (non-hydrogen) atoms. The van der Waals surface area contributed by atoms with Gasteiger partial charge in [0.2, 0.25) is 0 Å². The average molecular weight is 378 g/mol. The number of ether oxygens (including phenoxy) is 1. The van der Waals surface area contributed by atoms with Gasteiger partial charge in [-0.15, -0.1) is 0 Å².